The Morgan fingerprint density at radius 2 is 1.70 bits per heavy atom. The number of aromatic nitrogens is 5. The van der Waals surface area contributed by atoms with Crippen LogP contribution in [0.4, 0.5) is 11.6 Å². The molecule has 6 nitrogen and oxygen atoms in total. The van der Waals surface area contributed by atoms with Crippen LogP contribution in [0.15, 0.2) is 30.5 Å². The maximum atomic E-state index is 6.32. The highest BCUT2D eigenvalue weighted by atomic mass is 35.5. The number of aryl methyl sites for hydroxylation is 2. The summed E-state index contributed by atoms with van der Waals surface area (Å²) in [5, 5.41) is 4.50. The van der Waals surface area contributed by atoms with Crippen molar-refractivity contribution >= 4 is 57.5 Å². The molecule has 0 unspecified atom stereocenters. The van der Waals surface area contributed by atoms with E-state index in [1.807, 2.05) is 19.9 Å². The van der Waals surface area contributed by atoms with Crippen molar-refractivity contribution in [2.24, 2.45) is 0 Å². The first-order valence-electron chi connectivity index (χ1n) is 7.99. The Labute approximate surface area is 170 Å². The van der Waals surface area contributed by atoms with Crippen LogP contribution in [0, 0.1) is 13.8 Å². The van der Waals surface area contributed by atoms with E-state index in [-0.39, 0.29) is 0 Å². The zero-order valence-corrected chi connectivity index (χ0v) is 16.6. The molecule has 3 aromatic heterocycles. The van der Waals surface area contributed by atoms with Gasteiger partial charge >= 0.3 is 0 Å². The fraction of sp³-hybridized carbons (Fsp3) is 0.111. The van der Waals surface area contributed by atoms with Gasteiger partial charge in [0, 0.05) is 23.0 Å². The number of imidazole rings is 1. The first-order valence-corrected chi connectivity index (χ1v) is 9.13. The summed E-state index contributed by atoms with van der Waals surface area (Å²) < 4.78 is 0. The van der Waals surface area contributed by atoms with Crippen molar-refractivity contribution in [2.45, 2.75) is 13.8 Å². The number of nitrogens with one attached hydrogen (secondary N) is 2. The third-order valence-electron chi connectivity index (χ3n) is 3.86. The van der Waals surface area contributed by atoms with Crippen LogP contribution in [0.1, 0.15) is 11.5 Å². The number of anilines is 2. The molecule has 0 radical (unpaired) electrons. The molecule has 9 heteroatoms. The molecule has 0 spiro atoms. The predicted octanol–water partition coefficient (Wildman–Crippen LogP) is 5.74. The fourth-order valence-electron chi connectivity index (χ4n) is 2.82. The van der Waals surface area contributed by atoms with E-state index in [0.29, 0.717) is 54.9 Å². The second-order valence-corrected chi connectivity index (χ2v) is 7.20. The quantitative estimate of drug-likeness (QED) is 0.443. The Balaban J connectivity index is 1.81. The molecule has 0 fully saturated rings. The van der Waals surface area contributed by atoms with Gasteiger partial charge in [-0.25, -0.2) is 19.9 Å². The van der Waals surface area contributed by atoms with Gasteiger partial charge in [-0.3, -0.25) is 0 Å². The molecule has 0 atom stereocenters. The topological polar surface area (TPSA) is 79.4 Å². The molecule has 136 valence electrons. The van der Waals surface area contributed by atoms with Crippen molar-refractivity contribution in [1.29, 1.82) is 0 Å². The largest absolute Gasteiger partial charge is 0.335 e. The maximum absolute atomic E-state index is 6.32. The maximum Gasteiger partial charge on any atom is 0.157 e. The summed E-state index contributed by atoms with van der Waals surface area (Å²) in [4.78, 5) is 20.9. The van der Waals surface area contributed by atoms with E-state index in [0.717, 1.165) is 5.69 Å². The summed E-state index contributed by atoms with van der Waals surface area (Å²) >= 11 is 18.6. The van der Waals surface area contributed by atoms with Gasteiger partial charge in [-0.1, -0.05) is 34.8 Å². The Hall–Kier alpha value is -2.41. The first-order chi connectivity index (χ1) is 12.9. The molecule has 0 saturated heterocycles. The smallest absolute Gasteiger partial charge is 0.157 e. The minimum atomic E-state index is 0.413. The van der Waals surface area contributed by atoms with Crippen molar-refractivity contribution < 1.29 is 0 Å². The SMILES string of the molecule is Cc1cc(Nc2nccc3nc(-c4c(Cl)cc(Cl)cc4Cl)[nH]c23)nc(C)n1. The number of aromatic amines is 1. The minimum absolute atomic E-state index is 0.413. The highest BCUT2D eigenvalue weighted by Crippen LogP contribution is 2.37. The Bertz CT molecular complexity index is 1130. The highest BCUT2D eigenvalue weighted by Gasteiger charge is 2.16. The number of benzene rings is 1. The molecule has 0 bridgehead atoms. The summed E-state index contributed by atoms with van der Waals surface area (Å²) in [6, 6.07) is 6.90. The van der Waals surface area contributed by atoms with Crippen LogP contribution in [0.5, 0.6) is 0 Å². The van der Waals surface area contributed by atoms with Crippen LogP contribution < -0.4 is 5.32 Å². The predicted molar refractivity (Wildman–Crippen MR) is 109 cm³/mol. The summed E-state index contributed by atoms with van der Waals surface area (Å²) in [6.07, 6.45) is 1.67. The molecular weight excluding hydrogens is 407 g/mol. The molecule has 0 aliphatic rings. The second kappa shape index (κ2) is 6.96. The lowest BCUT2D eigenvalue weighted by Gasteiger charge is -2.07. The van der Waals surface area contributed by atoms with Crippen molar-refractivity contribution in [3.05, 3.63) is 57.0 Å². The zero-order chi connectivity index (χ0) is 19.1. The van der Waals surface area contributed by atoms with Gasteiger partial charge in [0.1, 0.15) is 23.0 Å². The van der Waals surface area contributed by atoms with E-state index in [9.17, 15) is 0 Å². The normalized spacial score (nSPS) is 11.1. The lowest BCUT2D eigenvalue weighted by atomic mass is 10.2. The molecule has 27 heavy (non-hydrogen) atoms. The fourth-order valence-corrected chi connectivity index (χ4v) is 3.81. The number of rotatable bonds is 3. The van der Waals surface area contributed by atoms with Gasteiger partial charge in [0.15, 0.2) is 5.82 Å². The highest BCUT2D eigenvalue weighted by molar-refractivity contribution is 6.41. The van der Waals surface area contributed by atoms with Crippen molar-refractivity contribution in [1.82, 2.24) is 24.9 Å². The summed E-state index contributed by atoms with van der Waals surface area (Å²) in [7, 11) is 0. The number of H-pyrrole nitrogens is 1. The number of fused-ring (bicyclic) bond motifs is 1. The zero-order valence-electron chi connectivity index (χ0n) is 14.3. The van der Waals surface area contributed by atoms with Gasteiger partial charge in [-0.05, 0) is 32.0 Å². The van der Waals surface area contributed by atoms with Crippen molar-refractivity contribution in [3.63, 3.8) is 0 Å². The molecule has 3 heterocycles. The van der Waals surface area contributed by atoms with Crippen LogP contribution in [0.3, 0.4) is 0 Å². The van der Waals surface area contributed by atoms with Gasteiger partial charge < -0.3 is 10.3 Å². The van der Waals surface area contributed by atoms with Crippen LogP contribution in [0.2, 0.25) is 15.1 Å². The summed E-state index contributed by atoms with van der Waals surface area (Å²) in [5.41, 5.74) is 2.87. The molecule has 0 amide bonds. The number of halogens is 3. The third kappa shape index (κ3) is 3.56. The average Bonchev–Trinajstić information content (AvgIpc) is 2.97. The molecule has 4 rings (SSSR count). The van der Waals surface area contributed by atoms with Gasteiger partial charge in [-0.15, -0.1) is 0 Å². The molecule has 2 N–H and O–H groups in total. The molecular formula is C18H13Cl3N6. The van der Waals surface area contributed by atoms with Gasteiger partial charge in [-0.2, -0.15) is 0 Å². The van der Waals surface area contributed by atoms with E-state index in [1.54, 1.807) is 24.4 Å². The molecule has 0 aliphatic heterocycles. The van der Waals surface area contributed by atoms with Crippen molar-refractivity contribution in [3.8, 4) is 11.4 Å². The first kappa shape index (κ1) is 18.0. The van der Waals surface area contributed by atoms with Crippen molar-refractivity contribution in [2.75, 3.05) is 5.32 Å². The van der Waals surface area contributed by atoms with Crippen LogP contribution >= 0.6 is 34.8 Å². The van der Waals surface area contributed by atoms with E-state index in [1.165, 1.54) is 0 Å². The number of pyridine rings is 1. The number of nitrogens with zero attached hydrogens (tertiary/aromatic N) is 4. The Morgan fingerprint density at radius 1 is 0.963 bits per heavy atom. The summed E-state index contributed by atoms with van der Waals surface area (Å²) in [5.74, 6) is 2.45. The van der Waals surface area contributed by atoms with Crippen LogP contribution in [-0.4, -0.2) is 24.9 Å². The average molecular weight is 420 g/mol. The second-order valence-electron chi connectivity index (χ2n) is 5.95. The monoisotopic (exact) mass is 418 g/mol. The minimum Gasteiger partial charge on any atom is -0.335 e. The Kier molecular flexibility index (Phi) is 4.63. The molecule has 4 aromatic rings. The van der Waals surface area contributed by atoms with Gasteiger partial charge in [0.2, 0.25) is 0 Å². The Morgan fingerprint density at radius 3 is 2.41 bits per heavy atom. The molecule has 1 aromatic carbocycles. The van der Waals surface area contributed by atoms with Gasteiger partial charge in [0.25, 0.3) is 0 Å². The third-order valence-corrected chi connectivity index (χ3v) is 4.68. The van der Waals surface area contributed by atoms with E-state index in [4.69, 9.17) is 34.8 Å². The molecule has 0 aliphatic carbocycles. The number of hydrogen-bond donors (Lipinski definition) is 2. The van der Waals surface area contributed by atoms with Gasteiger partial charge in [0.05, 0.1) is 21.1 Å². The van der Waals surface area contributed by atoms with Crippen LogP contribution in [0.25, 0.3) is 22.4 Å². The standard InChI is InChI=1S/C18H13Cl3N6/c1-8-5-14(24-9(2)23-8)26-18-16-13(3-4-22-18)25-17(27-16)15-11(20)6-10(19)7-12(15)21/h3-7H,1-2H3,(H,25,27)(H,22,23,24,26). The van der Waals surface area contributed by atoms with E-state index in [2.05, 4.69) is 30.2 Å². The van der Waals surface area contributed by atoms with E-state index >= 15 is 0 Å². The van der Waals surface area contributed by atoms with Crippen LogP contribution in [-0.2, 0) is 0 Å². The lowest BCUT2D eigenvalue weighted by Crippen LogP contribution is -2.00. The number of hydrogen-bond acceptors (Lipinski definition) is 5. The van der Waals surface area contributed by atoms with E-state index < -0.39 is 0 Å². The lowest BCUT2D eigenvalue weighted by molar-refractivity contribution is 1.01. The molecule has 0 saturated carbocycles. The summed E-state index contributed by atoms with van der Waals surface area (Å²) in [6.45, 7) is 3.75.